The second-order valence-corrected chi connectivity index (χ2v) is 6.49. The number of carbonyl (C=O) groups excluding carboxylic acids is 1. The molecule has 2 aliphatic rings. The summed E-state index contributed by atoms with van der Waals surface area (Å²) in [5.74, 6) is 0.527. The Kier molecular flexibility index (Phi) is 3.90. The summed E-state index contributed by atoms with van der Waals surface area (Å²) in [5.41, 5.74) is 8.05. The fourth-order valence-electron chi connectivity index (χ4n) is 3.70. The molecule has 124 valence electrons. The van der Waals surface area contributed by atoms with Gasteiger partial charge in [-0.3, -0.25) is 9.69 Å². The molecule has 6 nitrogen and oxygen atoms in total. The highest BCUT2D eigenvalue weighted by molar-refractivity contribution is 5.95. The van der Waals surface area contributed by atoms with Crippen LogP contribution in [0.15, 0.2) is 36.7 Å². The number of nitrogen functional groups attached to an aromatic ring is 1. The van der Waals surface area contributed by atoms with Crippen LogP contribution in [0.1, 0.15) is 23.2 Å². The fraction of sp³-hybridized carbons (Fsp3) is 0.389. The second-order valence-electron chi connectivity index (χ2n) is 6.49. The Labute approximate surface area is 141 Å². The summed E-state index contributed by atoms with van der Waals surface area (Å²) in [6, 6.07) is 9.86. The lowest BCUT2D eigenvalue weighted by Crippen LogP contribution is -2.52. The number of fused-ring (bicyclic) bond motifs is 1. The number of carbonyl (C=O) groups is 1. The van der Waals surface area contributed by atoms with Gasteiger partial charge in [-0.05, 0) is 31.5 Å². The molecule has 1 atom stereocenters. The third-order valence-corrected chi connectivity index (χ3v) is 4.97. The quantitative estimate of drug-likeness (QED) is 0.909. The van der Waals surface area contributed by atoms with Crippen LogP contribution in [0.5, 0.6) is 0 Å². The molecule has 2 aliphatic heterocycles. The molecule has 0 saturated carbocycles. The molecule has 2 N–H and O–H groups in total. The minimum Gasteiger partial charge on any atom is -0.384 e. The third kappa shape index (κ3) is 2.85. The summed E-state index contributed by atoms with van der Waals surface area (Å²) in [6.07, 6.45) is 3.89. The summed E-state index contributed by atoms with van der Waals surface area (Å²) >= 11 is 0. The lowest BCUT2D eigenvalue weighted by atomic mass is 10.1. The van der Waals surface area contributed by atoms with Gasteiger partial charge in [0.05, 0.1) is 5.69 Å². The van der Waals surface area contributed by atoms with Crippen LogP contribution in [-0.4, -0.2) is 57.9 Å². The Hall–Kier alpha value is -2.47. The van der Waals surface area contributed by atoms with Crippen LogP contribution in [0.2, 0.25) is 0 Å². The molecule has 2 saturated heterocycles. The number of nitrogens with zero attached hydrogens (tertiary/aromatic N) is 4. The molecule has 0 spiro atoms. The molecular weight excluding hydrogens is 302 g/mol. The van der Waals surface area contributed by atoms with E-state index in [0.29, 0.717) is 17.4 Å². The predicted octanol–water partition coefficient (Wildman–Crippen LogP) is 1.65. The molecule has 0 aliphatic carbocycles. The average molecular weight is 323 g/mol. The van der Waals surface area contributed by atoms with E-state index in [1.807, 2.05) is 29.2 Å². The molecule has 6 heteroatoms. The van der Waals surface area contributed by atoms with Crippen LogP contribution < -0.4 is 5.73 Å². The zero-order chi connectivity index (χ0) is 16.5. The van der Waals surface area contributed by atoms with Crippen molar-refractivity contribution >= 4 is 11.7 Å². The number of anilines is 1. The predicted molar refractivity (Wildman–Crippen MR) is 92.4 cm³/mol. The SMILES string of the molecule is Nc1cc(-c2cccc(C(=O)N3CCN4CCC[C@H]4C3)c2)ncn1. The highest BCUT2D eigenvalue weighted by atomic mass is 16.2. The van der Waals surface area contributed by atoms with Crippen LogP contribution in [0.3, 0.4) is 0 Å². The maximum atomic E-state index is 12.9. The summed E-state index contributed by atoms with van der Waals surface area (Å²) in [6.45, 7) is 3.80. The maximum absolute atomic E-state index is 12.9. The molecule has 2 aromatic rings. The van der Waals surface area contributed by atoms with Crippen LogP contribution in [0.25, 0.3) is 11.3 Å². The first kappa shape index (κ1) is 15.1. The fourth-order valence-corrected chi connectivity index (χ4v) is 3.70. The zero-order valence-corrected chi connectivity index (χ0v) is 13.6. The Morgan fingerprint density at radius 3 is 2.96 bits per heavy atom. The van der Waals surface area contributed by atoms with Crippen LogP contribution in [-0.2, 0) is 0 Å². The molecule has 1 aromatic carbocycles. The third-order valence-electron chi connectivity index (χ3n) is 4.97. The summed E-state index contributed by atoms with van der Waals surface area (Å²) in [7, 11) is 0. The zero-order valence-electron chi connectivity index (χ0n) is 13.6. The first-order valence-corrected chi connectivity index (χ1v) is 8.42. The Bertz CT molecular complexity index is 763. The molecule has 2 fully saturated rings. The van der Waals surface area contributed by atoms with Crippen molar-refractivity contribution in [3.63, 3.8) is 0 Å². The smallest absolute Gasteiger partial charge is 0.253 e. The van der Waals surface area contributed by atoms with Crippen molar-refractivity contribution in [3.05, 3.63) is 42.2 Å². The largest absolute Gasteiger partial charge is 0.384 e. The van der Waals surface area contributed by atoms with Gasteiger partial charge in [-0.25, -0.2) is 9.97 Å². The number of aromatic nitrogens is 2. The van der Waals surface area contributed by atoms with E-state index in [1.54, 1.807) is 6.07 Å². The van der Waals surface area contributed by atoms with Gasteiger partial charge in [0.15, 0.2) is 0 Å². The molecular formula is C18H21N5O. The van der Waals surface area contributed by atoms with Gasteiger partial charge < -0.3 is 10.6 Å². The van der Waals surface area contributed by atoms with Gasteiger partial charge in [-0.2, -0.15) is 0 Å². The summed E-state index contributed by atoms with van der Waals surface area (Å²) in [5, 5.41) is 0. The monoisotopic (exact) mass is 323 g/mol. The average Bonchev–Trinajstić information content (AvgIpc) is 3.09. The van der Waals surface area contributed by atoms with E-state index in [2.05, 4.69) is 14.9 Å². The lowest BCUT2D eigenvalue weighted by molar-refractivity contribution is 0.0571. The van der Waals surface area contributed by atoms with Crippen molar-refractivity contribution in [2.45, 2.75) is 18.9 Å². The Balaban J connectivity index is 1.56. The van der Waals surface area contributed by atoms with Crippen molar-refractivity contribution in [1.29, 1.82) is 0 Å². The standard InChI is InChI=1S/C18H21N5O/c19-17-10-16(20-12-21-17)13-3-1-4-14(9-13)18(24)23-8-7-22-6-2-5-15(22)11-23/h1,3-4,9-10,12,15H,2,5-8,11H2,(H2,19,20,21)/t15-/m0/s1. The molecule has 1 amide bonds. The molecule has 0 unspecified atom stereocenters. The van der Waals surface area contributed by atoms with E-state index in [9.17, 15) is 4.79 Å². The van der Waals surface area contributed by atoms with E-state index in [1.165, 1.54) is 25.7 Å². The first-order valence-electron chi connectivity index (χ1n) is 8.42. The Morgan fingerprint density at radius 2 is 2.08 bits per heavy atom. The molecule has 0 radical (unpaired) electrons. The molecule has 1 aromatic heterocycles. The molecule has 4 rings (SSSR count). The van der Waals surface area contributed by atoms with Crippen molar-refractivity contribution in [2.75, 3.05) is 31.9 Å². The summed E-state index contributed by atoms with van der Waals surface area (Å²) < 4.78 is 0. The highest BCUT2D eigenvalue weighted by Gasteiger charge is 2.32. The van der Waals surface area contributed by atoms with Crippen LogP contribution >= 0.6 is 0 Å². The second kappa shape index (κ2) is 6.20. The molecule has 3 heterocycles. The van der Waals surface area contributed by atoms with Crippen molar-refractivity contribution in [1.82, 2.24) is 19.8 Å². The maximum Gasteiger partial charge on any atom is 0.253 e. The minimum absolute atomic E-state index is 0.102. The number of hydrogen-bond donors (Lipinski definition) is 1. The van der Waals surface area contributed by atoms with E-state index >= 15 is 0 Å². The number of benzene rings is 1. The van der Waals surface area contributed by atoms with Gasteiger partial charge in [-0.15, -0.1) is 0 Å². The minimum atomic E-state index is 0.102. The number of hydrogen-bond acceptors (Lipinski definition) is 5. The number of nitrogens with two attached hydrogens (primary N) is 1. The normalized spacial score (nSPS) is 20.8. The van der Waals surface area contributed by atoms with E-state index in [0.717, 1.165) is 30.9 Å². The first-order chi connectivity index (χ1) is 11.7. The van der Waals surface area contributed by atoms with Crippen molar-refractivity contribution in [3.8, 4) is 11.3 Å². The van der Waals surface area contributed by atoms with Gasteiger partial charge >= 0.3 is 0 Å². The van der Waals surface area contributed by atoms with Crippen molar-refractivity contribution < 1.29 is 4.79 Å². The van der Waals surface area contributed by atoms with Gasteiger partial charge in [0.1, 0.15) is 12.1 Å². The molecule has 0 bridgehead atoms. The van der Waals surface area contributed by atoms with Gasteiger partial charge in [0.2, 0.25) is 0 Å². The van der Waals surface area contributed by atoms with Crippen molar-refractivity contribution in [2.24, 2.45) is 0 Å². The van der Waals surface area contributed by atoms with Gasteiger partial charge in [0, 0.05) is 42.9 Å². The number of amides is 1. The summed E-state index contributed by atoms with van der Waals surface area (Å²) in [4.78, 5) is 25.5. The van der Waals surface area contributed by atoms with Gasteiger partial charge in [0.25, 0.3) is 5.91 Å². The Morgan fingerprint density at radius 1 is 1.17 bits per heavy atom. The van der Waals surface area contributed by atoms with Crippen LogP contribution in [0, 0.1) is 0 Å². The van der Waals surface area contributed by atoms with E-state index in [4.69, 9.17) is 5.73 Å². The van der Waals surface area contributed by atoms with Crippen LogP contribution in [0.4, 0.5) is 5.82 Å². The topological polar surface area (TPSA) is 75.4 Å². The van der Waals surface area contributed by atoms with Gasteiger partial charge in [-0.1, -0.05) is 12.1 Å². The molecule has 24 heavy (non-hydrogen) atoms. The van der Waals surface area contributed by atoms with E-state index in [-0.39, 0.29) is 5.91 Å². The van der Waals surface area contributed by atoms with E-state index < -0.39 is 0 Å². The lowest BCUT2D eigenvalue weighted by Gasteiger charge is -2.37. The number of rotatable bonds is 2. The number of piperazine rings is 1. The highest BCUT2D eigenvalue weighted by Crippen LogP contribution is 2.24.